The first kappa shape index (κ1) is 39.3. The zero-order chi connectivity index (χ0) is 36.8. The van der Waals surface area contributed by atoms with Gasteiger partial charge in [-0.15, -0.1) is 0 Å². The lowest BCUT2D eigenvalue weighted by atomic mass is 9.83. The molecular formula is C38H54ClN3O8. The van der Waals surface area contributed by atoms with E-state index >= 15 is 0 Å². The van der Waals surface area contributed by atoms with Gasteiger partial charge in [-0.25, -0.2) is 0 Å². The number of halogens is 1. The van der Waals surface area contributed by atoms with Gasteiger partial charge in [0.15, 0.2) is 17.2 Å². The van der Waals surface area contributed by atoms with Crippen molar-refractivity contribution >= 4 is 46.5 Å². The van der Waals surface area contributed by atoms with Crippen molar-refractivity contribution in [3.8, 4) is 11.5 Å². The van der Waals surface area contributed by atoms with Gasteiger partial charge in [-0.1, -0.05) is 77.1 Å². The first-order chi connectivity index (χ1) is 23.7. The summed E-state index contributed by atoms with van der Waals surface area (Å²) in [5.41, 5.74) is -0.604. The van der Waals surface area contributed by atoms with Gasteiger partial charge in [-0.3, -0.25) is 24.0 Å². The van der Waals surface area contributed by atoms with E-state index in [0.717, 1.165) is 25.7 Å². The Kier molecular flexibility index (Phi) is 13.1. The van der Waals surface area contributed by atoms with Crippen LogP contribution in [0.4, 0.5) is 0 Å². The first-order valence-electron chi connectivity index (χ1n) is 18.0. The maximum atomic E-state index is 14.6. The third-order valence-electron chi connectivity index (χ3n) is 10.3. The number of nitrogens with zero attached hydrogens (tertiary/aromatic N) is 2. The molecule has 2 fully saturated rings. The highest BCUT2D eigenvalue weighted by Gasteiger charge is 2.55. The summed E-state index contributed by atoms with van der Waals surface area (Å²) in [6.45, 7) is 9.22. The van der Waals surface area contributed by atoms with E-state index in [2.05, 4.69) is 10.5 Å². The zero-order valence-corrected chi connectivity index (χ0v) is 31.5. The molecule has 0 aromatic heterocycles. The largest absolute Gasteiger partial charge is 0.496 e. The number of hydrogen-bond acceptors (Lipinski definition) is 9. The summed E-state index contributed by atoms with van der Waals surface area (Å²) in [4.78, 5) is 75.3. The summed E-state index contributed by atoms with van der Waals surface area (Å²) in [5.74, 6) is -1.55. The summed E-state index contributed by atoms with van der Waals surface area (Å²) in [5, 5.41) is 7.80. The average molecular weight is 716 g/mol. The molecule has 2 amide bonds. The van der Waals surface area contributed by atoms with Gasteiger partial charge < -0.3 is 24.5 Å². The predicted octanol–water partition coefficient (Wildman–Crippen LogP) is 6.25. The second kappa shape index (κ2) is 16.7. The Labute approximate surface area is 301 Å². The van der Waals surface area contributed by atoms with Gasteiger partial charge in [0.2, 0.25) is 17.6 Å². The van der Waals surface area contributed by atoms with Crippen LogP contribution in [0.15, 0.2) is 17.3 Å². The van der Waals surface area contributed by atoms with Gasteiger partial charge in [0.1, 0.15) is 17.5 Å². The van der Waals surface area contributed by atoms with Crippen LogP contribution >= 0.6 is 11.6 Å². The van der Waals surface area contributed by atoms with Crippen LogP contribution in [0.1, 0.15) is 117 Å². The quantitative estimate of drug-likeness (QED) is 0.210. The highest BCUT2D eigenvalue weighted by atomic mass is 35.5. The highest BCUT2D eigenvalue weighted by Crippen LogP contribution is 2.43. The lowest BCUT2D eigenvalue weighted by Gasteiger charge is -2.36. The fourth-order valence-corrected chi connectivity index (χ4v) is 7.80. The maximum Gasteiger partial charge on any atom is 0.246 e. The molecule has 276 valence electrons. The van der Waals surface area contributed by atoms with Gasteiger partial charge in [-0.05, 0) is 36.7 Å². The molecular weight excluding hydrogens is 662 g/mol. The Bertz CT molecular complexity index is 1480. The number of benzene rings is 1. The molecule has 1 N–H and O–H groups in total. The van der Waals surface area contributed by atoms with E-state index in [1.807, 2.05) is 27.7 Å². The normalized spacial score (nSPS) is 22.0. The van der Waals surface area contributed by atoms with Crippen molar-refractivity contribution in [1.29, 1.82) is 0 Å². The van der Waals surface area contributed by atoms with Crippen LogP contribution in [0.3, 0.4) is 0 Å². The molecule has 1 saturated carbocycles. The van der Waals surface area contributed by atoms with Crippen LogP contribution in [0.5, 0.6) is 11.5 Å². The monoisotopic (exact) mass is 715 g/mol. The van der Waals surface area contributed by atoms with Crippen molar-refractivity contribution in [2.75, 3.05) is 20.8 Å². The zero-order valence-electron chi connectivity index (χ0n) is 30.7. The molecule has 1 aromatic rings. The molecule has 11 nitrogen and oxygen atoms in total. The van der Waals surface area contributed by atoms with Crippen molar-refractivity contribution in [3.63, 3.8) is 0 Å². The Hall–Kier alpha value is -3.47. The van der Waals surface area contributed by atoms with Gasteiger partial charge in [0.25, 0.3) is 0 Å². The van der Waals surface area contributed by atoms with E-state index in [4.69, 9.17) is 25.9 Å². The van der Waals surface area contributed by atoms with Crippen LogP contribution in [-0.4, -0.2) is 78.2 Å². The standard InChI is InChI=1S/C38H54ClN3O8/c1-8-13-24(34(46)29(43)9-2)17-30(44)28-21-38(20-27(41-50-38)25-18-26(39)32(49-7)19-31(25)48-6)22-42(28)36(47)35(37(3,4)5)40-33(45)16-23-14-11-10-12-15-23/h18-19,23-24,28,35H,8-17,20-22H2,1-7H3,(H,40,45)/t24-,28+,35-,38-/m1/s1. The van der Waals surface area contributed by atoms with E-state index < -0.39 is 46.5 Å². The van der Waals surface area contributed by atoms with E-state index in [1.165, 1.54) is 25.5 Å². The summed E-state index contributed by atoms with van der Waals surface area (Å²) in [6, 6.07) is 1.47. The van der Waals surface area contributed by atoms with Crippen molar-refractivity contribution < 1.29 is 38.3 Å². The number of nitrogens with one attached hydrogen (secondary N) is 1. The number of oxime groups is 1. The lowest BCUT2D eigenvalue weighted by molar-refractivity contribution is -0.145. The van der Waals surface area contributed by atoms with Crippen LogP contribution < -0.4 is 14.8 Å². The summed E-state index contributed by atoms with van der Waals surface area (Å²) in [7, 11) is 3.03. The SMILES string of the molecule is CCC[C@H](CC(=O)[C@@H]1C[C@]2(CC(c3cc(Cl)c(OC)cc3OC)=NO2)CN1C(=O)[C@@H](NC(=O)CC1CCCCC1)C(C)(C)C)C(=O)C(=O)CC. The van der Waals surface area contributed by atoms with E-state index in [0.29, 0.717) is 47.1 Å². The number of Topliss-reactive ketones (excluding diaryl/α,β-unsaturated/α-hetero) is 3. The fourth-order valence-electron chi connectivity index (χ4n) is 7.56. The third-order valence-corrected chi connectivity index (χ3v) is 10.6. The van der Waals surface area contributed by atoms with Crippen molar-refractivity contribution in [2.24, 2.45) is 22.4 Å². The molecule has 4 atom stereocenters. The Morgan fingerprint density at radius 1 is 1.06 bits per heavy atom. The Morgan fingerprint density at radius 3 is 2.34 bits per heavy atom. The van der Waals surface area contributed by atoms with E-state index in [-0.39, 0.29) is 49.8 Å². The molecule has 4 rings (SSSR count). The molecule has 0 unspecified atom stereocenters. The number of amides is 2. The minimum Gasteiger partial charge on any atom is -0.496 e. The maximum absolute atomic E-state index is 14.6. The topological polar surface area (TPSA) is 141 Å². The molecule has 2 aliphatic heterocycles. The fraction of sp³-hybridized carbons (Fsp3) is 0.684. The van der Waals surface area contributed by atoms with Gasteiger partial charge in [0, 0.05) is 49.7 Å². The molecule has 3 aliphatic rings. The summed E-state index contributed by atoms with van der Waals surface area (Å²) in [6.07, 6.45) is 6.97. The number of ketones is 3. The van der Waals surface area contributed by atoms with Crippen LogP contribution in [0.25, 0.3) is 0 Å². The first-order valence-corrected chi connectivity index (χ1v) is 18.4. The number of carbonyl (C=O) groups excluding carboxylic acids is 5. The predicted molar refractivity (Wildman–Crippen MR) is 191 cm³/mol. The van der Waals surface area contributed by atoms with Crippen molar-refractivity contribution in [2.45, 2.75) is 129 Å². The molecule has 1 aromatic carbocycles. The van der Waals surface area contributed by atoms with Crippen molar-refractivity contribution in [3.05, 3.63) is 22.7 Å². The lowest BCUT2D eigenvalue weighted by Crippen LogP contribution is -2.57. The molecule has 12 heteroatoms. The van der Waals surface area contributed by atoms with Gasteiger partial charge in [-0.2, -0.15) is 0 Å². The minimum atomic E-state index is -1.05. The Balaban J connectivity index is 1.65. The second-order valence-corrected chi connectivity index (χ2v) is 15.6. The number of methoxy groups -OCH3 is 2. The molecule has 50 heavy (non-hydrogen) atoms. The minimum absolute atomic E-state index is 0.0345. The van der Waals surface area contributed by atoms with E-state index in [1.54, 1.807) is 19.1 Å². The Morgan fingerprint density at radius 2 is 1.74 bits per heavy atom. The molecule has 0 radical (unpaired) electrons. The highest BCUT2D eigenvalue weighted by molar-refractivity contribution is 6.38. The molecule has 0 bridgehead atoms. The molecule has 1 spiro atoms. The molecule has 2 heterocycles. The molecule has 1 saturated heterocycles. The molecule has 1 aliphatic carbocycles. The van der Waals surface area contributed by atoms with Gasteiger partial charge >= 0.3 is 0 Å². The summed E-state index contributed by atoms with van der Waals surface area (Å²) >= 11 is 6.47. The van der Waals surface area contributed by atoms with Gasteiger partial charge in [0.05, 0.1) is 37.5 Å². The number of ether oxygens (including phenoxy) is 2. The van der Waals surface area contributed by atoms with Crippen molar-refractivity contribution in [1.82, 2.24) is 10.2 Å². The third kappa shape index (κ3) is 9.06. The number of rotatable bonds is 15. The number of hydrogen-bond donors (Lipinski definition) is 1. The average Bonchev–Trinajstić information content (AvgIpc) is 3.69. The summed E-state index contributed by atoms with van der Waals surface area (Å²) < 4.78 is 11.0. The number of likely N-dealkylation sites (tertiary alicyclic amines) is 1. The van der Waals surface area contributed by atoms with Crippen LogP contribution in [-0.2, 0) is 28.8 Å². The van der Waals surface area contributed by atoms with E-state index in [9.17, 15) is 24.0 Å². The second-order valence-electron chi connectivity index (χ2n) is 15.2. The van der Waals surface area contributed by atoms with Crippen LogP contribution in [0.2, 0.25) is 5.02 Å². The smallest absolute Gasteiger partial charge is 0.246 e. The number of carbonyl (C=O) groups is 5. The van der Waals surface area contributed by atoms with Crippen LogP contribution in [0, 0.1) is 17.3 Å².